The zero-order valence-electron chi connectivity index (χ0n) is 17.4. The Bertz CT molecular complexity index is 507. The van der Waals surface area contributed by atoms with Gasteiger partial charge in [-0.25, -0.2) is 9.59 Å². The van der Waals surface area contributed by atoms with Crippen molar-refractivity contribution in [2.45, 2.75) is 96.8 Å². The van der Waals surface area contributed by atoms with Crippen molar-refractivity contribution < 1.29 is 23.5 Å². The minimum absolute atomic E-state index is 0.0484. The number of methoxy groups -OCH3 is 1. The molecule has 0 spiro atoms. The summed E-state index contributed by atoms with van der Waals surface area (Å²) in [6.45, 7) is 18.2. The first kappa shape index (κ1) is 22.0. The largest absolute Gasteiger partial charge is 0.467 e. The van der Waals surface area contributed by atoms with Crippen LogP contribution in [0.4, 0.5) is 4.79 Å². The van der Waals surface area contributed by atoms with Gasteiger partial charge in [0.2, 0.25) is 0 Å². The molecule has 1 fully saturated rings. The highest BCUT2D eigenvalue weighted by Crippen LogP contribution is 2.40. The maximum Gasteiger partial charge on any atom is 0.411 e. The number of carbonyl (C=O) groups is 2. The SMILES string of the molecule is COC(=O)[C@H]1CC(O[Si](C)(C)C(C)(C)C)[C@@H](C)N1C(=O)OC(C)(C)C. The summed E-state index contributed by atoms with van der Waals surface area (Å²) in [7, 11) is -0.693. The van der Waals surface area contributed by atoms with Crippen molar-refractivity contribution in [1.29, 1.82) is 0 Å². The van der Waals surface area contributed by atoms with Crippen molar-refractivity contribution in [1.82, 2.24) is 4.90 Å². The number of carbonyl (C=O) groups excluding carboxylic acids is 2. The number of likely N-dealkylation sites (tertiary alicyclic amines) is 1. The molecule has 0 aromatic carbocycles. The topological polar surface area (TPSA) is 65.1 Å². The van der Waals surface area contributed by atoms with E-state index in [4.69, 9.17) is 13.9 Å². The molecule has 0 aromatic heterocycles. The van der Waals surface area contributed by atoms with E-state index in [-0.39, 0.29) is 17.2 Å². The van der Waals surface area contributed by atoms with Crippen LogP contribution in [0.3, 0.4) is 0 Å². The highest BCUT2D eigenvalue weighted by Gasteiger charge is 2.50. The van der Waals surface area contributed by atoms with Gasteiger partial charge in [0.1, 0.15) is 11.6 Å². The molecule has 0 N–H and O–H groups in total. The van der Waals surface area contributed by atoms with E-state index in [1.807, 2.05) is 27.7 Å². The molecule has 1 heterocycles. The van der Waals surface area contributed by atoms with Gasteiger partial charge in [-0.2, -0.15) is 0 Å². The summed E-state index contributed by atoms with van der Waals surface area (Å²) in [5, 5.41) is 0.0484. The van der Waals surface area contributed by atoms with E-state index in [9.17, 15) is 9.59 Å². The van der Waals surface area contributed by atoms with Crippen molar-refractivity contribution in [3.05, 3.63) is 0 Å². The lowest BCUT2D eigenvalue weighted by Crippen LogP contribution is -2.49. The number of esters is 1. The van der Waals surface area contributed by atoms with Crippen molar-refractivity contribution in [3.8, 4) is 0 Å². The highest BCUT2D eigenvalue weighted by molar-refractivity contribution is 6.74. The molecule has 1 saturated heterocycles. The number of nitrogens with zero attached hydrogens (tertiary/aromatic N) is 1. The fraction of sp³-hybridized carbons (Fsp3) is 0.889. The standard InChI is InChI=1S/C18H35NO5Si/c1-12-14(24-25(9,10)18(5,6)7)11-13(15(20)22-8)19(12)16(21)23-17(2,3)4/h12-14H,11H2,1-10H3/t12-,13-,14?/m1/s1. The third-order valence-electron chi connectivity index (χ3n) is 5.10. The number of ether oxygens (including phenoxy) is 2. The Balaban J connectivity index is 3.07. The van der Waals surface area contributed by atoms with Gasteiger partial charge in [-0.15, -0.1) is 0 Å². The second-order valence-electron chi connectivity index (χ2n) is 9.32. The second-order valence-corrected chi connectivity index (χ2v) is 14.1. The minimum Gasteiger partial charge on any atom is -0.467 e. The smallest absolute Gasteiger partial charge is 0.411 e. The maximum absolute atomic E-state index is 12.7. The van der Waals surface area contributed by atoms with Crippen LogP contribution in [0.2, 0.25) is 18.1 Å². The van der Waals surface area contributed by atoms with Gasteiger partial charge in [-0.05, 0) is 45.8 Å². The molecule has 1 aliphatic rings. The summed E-state index contributed by atoms with van der Waals surface area (Å²) in [5.41, 5.74) is -0.629. The van der Waals surface area contributed by atoms with Crippen LogP contribution < -0.4 is 0 Å². The molecule has 0 radical (unpaired) electrons. The Hall–Kier alpha value is -1.08. The molecule has 1 unspecified atom stereocenters. The molecule has 1 rings (SSSR count). The van der Waals surface area contributed by atoms with E-state index in [1.165, 1.54) is 12.0 Å². The average Bonchev–Trinajstić information content (AvgIpc) is 2.71. The van der Waals surface area contributed by atoms with E-state index in [1.54, 1.807) is 0 Å². The fourth-order valence-corrected chi connectivity index (χ4v) is 4.05. The molecule has 1 amide bonds. The number of hydrogen-bond acceptors (Lipinski definition) is 5. The molecule has 146 valence electrons. The van der Waals surface area contributed by atoms with E-state index in [0.717, 1.165) is 0 Å². The first-order valence-electron chi connectivity index (χ1n) is 8.87. The van der Waals surface area contributed by atoms with E-state index >= 15 is 0 Å². The Morgan fingerprint density at radius 1 is 1.08 bits per heavy atom. The van der Waals surface area contributed by atoms with Crippen LogP contribution in [0.5, 0.6) is 0 Å². The highest BCUT2D eigenvalue weighted by atomic mass is 28.4. The quantitative estimate of drug-likeness (QED) is 0.554. The van der Waals surface area contributed by atoms with Crippen molar-refractivity contribution in [2.75, 3.05) is 7.11 Å². The summed E-state index contributed by atoms with van der Waals surface area (Å²) >= 11 is 0. The lowest BCUT2D eigenvalue weighted by molar-refractivity contribution is -0.146. The molecule has 6 nitrogen and oxygen atoms in total. The van der Waals surface area contributed by atoms with E-state index in [0.29, 0.717) is 6.42 Å². The lowest BCUT2D eigenvalue weighted by atomic mass is 10.1. The third-order valence-corrected chi connectivity index (χ3v) is 9.60. The molecular weight excluding hydrogens is 338 g/mol. The Morgan fingerprint density at radius 2 is 1.60 bits per heavy atom. The van der Waals surface area contributed by atoms with Gasteiger partial charge in [0.25, 0.3) is 0 Å². The molecule has 25 heavy (non-hydrogen) atoms. The molecule has 0 aromatic rings. The molecule has 3 atom stereocenters. The third kappa shape index (κ3) is 5.20. The normalized spacial score (nSPS) is 25.0. The summed E-state index contributed by atoms with van der Waals surface area (Å²) in [6.07, 6.45) is -0.284. The van der Waals surface area contributed by atoms with Crippen molar-refractivity contribution in [3.63, 3.8) is 0 Å². The van der Waals surface area contributed by atoms with Crippen LogP contribution in [0, 0.1) is 0 Å². The van der Waals surface area contributed by atoms with Crippen molar-refractivity contribution in [2.24, 2.45) is 0 Å². The molecule has 0 aliphatic carbocycles. The molecule has 1 aliphatic heterocycles. The van der Waals surface area contributed by atoms with Gasteiger partial charge >= 0.3 is 12.1 Å². The predicted octanol–water partition coefficient (Wildman–Crippen LogP) is 3.95. The van der Waals surface area contributed by atoms with Crippen LogP contribution in [0.25, 0.3) is 0 Å². The van der Waals surface area contributed by atoms with Crippen LogP contribution >= 0.6 is 0 Å². The summed E-state index contributed by atoms with van der Waals surface area (Å²) in [6, 6.07) is -0.933. The van der Waals surface area contributed by atoms with Crippen molar-refractivity contribution >= 4 is 20.4 Å². The number of hydrogen-bond donors (Lipinski definition) is 0. The van der Waals surface area contributed by atoms with Gasteiger partial charge in [-0.1, -0.05) is 20.8 Å². The summed E-state index contributed by atoms with van der Waals surface area (Å²) in [5.74, 6) is -0.431. The van der Waals surface area contributed by atoms with Gasteiger partial charge in [0.05, 0.1) is 19.3 Å². The molecular formula is C18H35NO5Si. The monoisotopic (exact) mass is 373 g/mol. The molecule has 7 heteroatoms. The van der Waals surface area contributed by atoms with E-state index < -0.39 is 32.0 Å². The van der Waals surface area contributed by atoms with Crippen LogP contribution in [0.1, 0.15) is 54.9 Å². The van der Waals surface area contributed by atoms with Gasteiger partial charge in [-0.3, -0.25) is 4.90 Å². The Labute approximate surface area is 153 Å². The first-order valence-corrected chi connectivity index (χ1v) is 11.8. The minimum atomic E-state index is -2.03. The maximum atomic E-state index is 12.7. The van der Waals surface area contributed by atoms with Gasteiger partial charge < -0.3 is 13.9 Å². The average molecular weight is 374 g/mol. The van der Waals surface area contributed by atoms with Gasteiger partial charge in [0, 0.05) is 6.42 Å². The van der Waals surface area contributed by atoms with Crippen LogP contribution in [0.15, 0.2) is 0 Å². The Morgan fingerprint density at radius 3 is 2.00 bits per heavy atom. The van der Waals surface area contributed by atoms with Crippen LogP contribution in [-0.4, -0.2) is 56.2 Å². The lowest BCUT2D eigenvalue weighted by Gasteiger charge is -2.39. The zero-order chi connectivity index (χ0) is 19.8. The summed E-state index contributed by atoms with van der Waals surface area (Å²) in [4.78, 5) is 26.4. The van der Waals surface area contributed by atoms with Gasteiger partial charge in [0.15, 0.2) is 8.32 Å². The number of rotatable bonds is 3. The molecule has 0 bridgehead atoms. The summed E-state index contributed by atoms with van der Waals surface area (Å²) < 4.78 is 16.9. The fourth-order valence-electron chi connectivity index (χ4n) is 2.65. The van der Waals surface area contributed by atoms with Crippen LogP contribution in [-0.2, 0) is 18.7 Å². The molecule has 0 saturated carbocycles. The Kier molecular flexibility index (Phi) is 6.38. The second kappa shape index (κ2) is 7.27. The van der Waals surface area contributed by atoms with E-state index in [2.05, 4.69) is 33.9 Å². The first-order chi connectivity index (χ1) is 11.1. The zero-order valence-corrected chi connectivity index (χ0v) is 18.4. The number of amides is 1. The predicted molar refractivity (Wildman–Crippen MR) is 100 cm³/mol.